The Morgan fingerprint density at radius 1 is 1.00 bits per heavy atom. The molecule has 2 aromatic carbocycles. The molecule has 29 heavy (non-hydrogen) atoms. The van der Waals surface area contributed by atoms with Crippen LogP contribution in [-0.2, 0) is 4.74 Å². The van der Waals surface area contributed by atoms with Gasteiger partial charge in [0.1, 0.15) is 12.1 Å². The van der Waals surface area contributed by atoms with Crippen LogP contribution in [0.1, 0.15) is 10.4 Å². The highest BCUT2D eigenvalue weighted by molar-refractivity contribution is 5.90. The van der Waals surface area contributed by atoms with E-state index in [2.05, 4.69) is 25.3 Å². The monoisotopic (exact) mass is 395 g/mol. The summed E-state index contributed by atoms with van der Waals surface area (Å²) in [5.41, 5.74) is 1.11. The molecule has 10 heteroatoms. The first-order valence-corrected chi connectivity index (χ1v) is 8.37. The molecule has 148 valence electrons. The number of hydrogen-bond acceptors (Lipinski definition) is 9. The van der Waals surface area contributed by atoms with E-state index in [9.17, 15) is 14.9 Å². The second-order valence-electron chi connectivity index (χ2n) is 5.73. The summed E-state index contributed by atoms with van der Waals surface area (Å²) in [6.45, 7) is 0. The van der Waals surface area contributed by atoms with Crippen LogP contribution in [0, 0.1) is 10.1 Å². The van der Waals surface area contributed by atoms with Gasteiger partial charge in [-0.1, -0.05) is 6.07 Å². The van der Waals surface area contributed by atoms with Crippen LogP contribution < -0.4 is 15.4 Å². The number of aromatic nitrogens is 2. The minimum Gasteiger partial charge on any atom is -0.497 e. The lowest BCUT2D eigenvalue weighted by molar-refractivity contribution is -0.383. The zero-order valence-corrected chi connectivity index (χ0v) is 15.6. The van der Waals surface area contributed by atoms with Gasteiger partial charge < -0.3 is 20.1 Å². The Morgan fingerprint density at radius 2 is 1.66 bits per heavy atom. The van der Waals surface area contributed by atoms with Gasteiger partial charge in [0, 0.05) is 17.4 Å². The second kappa shape index (κ2) is 8.65. The maximum Gasteiger partial charge on any atom is 0.353 e. The molecular weight excluding hydrogens is 378 g/mol. The van der Waals surface area contributed by atoms with Gasteiger partial charge in [0.05, 0.1) is 24.7 Å². The van der Waals surface area contributed by atoms with Crippen LogP contribution in [0.5, 0.6) is 5.75 Å². The maximum absolute atomic E-state index is 11.7. The molecular formula is C19H17N5O5. The molecule has 3 aromatic rings. The molecule has 10 nitrogen and oxygen atoms in total. The number of rotatable bonds is 7. The summed E-state index contributed by atoms with van der Waals surface area (Å²) in [5.74, 6) is 0.137. The normalized spacial score (nSPS) is 10.1. The quantitative estimate of drug-likeness (QED) is 0.350. The van der Waals surface area contributed by atoms with Gasteiger partial charge >= 0.3 is 11.7 Å². The Kier molecular flexibility index (Phi) is 5.83. The largest absolute Gasteiger partial charge is 0.497 e. The van der Waals surface area contributed by atoms with Gasteiger partial charge in [-0.3, -0.25) is 10.1 Å². The van der Waals surface area contributed by atoms with Crippen molar-refractivity contribution in [1.82, 2.24) is 9.97 Å². The van der Waals surface area contributed by atoms with Crippen molar-refractivity contribution in [2.45, 2.75) is 0 Å². The molecule has 0 radical (unpaired) electrons. The predicted molar refractivity (Wildman–Crippen MR) is 106 cm³/mol. The number of hydrogen-bond donors (Lipinski definition) is 2. The van der Waals surface area contributed by atoms with Gasteiger partial charge in [-0.15, -0.1) is 0 Å². The zero-order valence-electron chi connectivity index (χ0n) is 15.6. The van der Waals surface area contributed by atoms with Crippen LogP contribution in [0.2, 0.25) is 0 Å². The lowest BCUT2D eigenvalue weighted by atomic mass is 10.2. The van der Waals surface area contributed by atoms with Gasteiger partial charge in [0.25, 0.3) is 0 Å². The van der Waals surface area contributed by atoms with E-state index in [1.165, 1.54) is 32.7 Å². The molecule has 0 spiro atoms. The first kappa shape index (κ1) is 19.5. The van der Waals surface area contributed by atoms with Gasteiger partial charge in [-0.05, 0) is 36.4 Å². The maximum atomic E-state index is 11.7. The number of anilines is 4. The summed E-state index contributed by atoms with van der Waals surface area (Å²) >= 11 is 0. The first-order chi connectivity index (χ1) is 14.0. The van der Waals surface area contributed by atoms with E-state index in [1.54, 1.807) is 36.4 Å². The van der Waals surface area contributed by atoms with Crippen LogP contribution in [0.25, 0.3) is 0 Å². The van der Waals surface area contributed by atoms with Crippen molar-refractivity contribution in [3.8, 4) is 5.75 Å². The van der Waals surface area contributed by atoms with Gasteiger partial charge in [-0.25, -0.2) is 14.8 Å². The molecule has 0 aliphatic rings. The Morgan fingerprint density at radius 3 is 2.24 bits per heavy atom. The van der Waals surface area contributed by atoms with E-state index in [-0.39, 0.29) is 17.3 Å². The first-order valence-electron chi connectivity index (χ1n) is 8.37. The third kappa shape index (κ3) is 4.56. The summed E-state index contributed by atoms with van der Waals surface area (Å²) < 4.78 is 9.80. The van der Waals surface area contributed by atoms with Crippen LogP contribution in [0.3, 0.4) is 0 Å². The van der Waals surface area contributed by atoms with Gasteiger partial charge in [-0.2, -0.15) is 0 Å². The number of nitro groups is 1. The van der Waals surface area contributed by atoms with Gasteiger partial charge in [0.2, 0.25) is 11.6 Å². The molecule has 0 saturated carbocycles. The number of esters is 1. The SMILES string of the molecule is COC(=O)c1ccc(Nc2ncnc(Nc3cccc(OC)c3)c2[N+](=O)[O-])cc1. The molecule has 0 aliphatic heterocycles. The molecule has 0 amide bonds. The van der Waals surface area contributed by atoms with Crippen molar-refractivity contribution < 1.29 is 19.2 Å². The fourth-order valence-corrected chi connectivity index (χ4v) is 2.52. The van der Waals surface area contributed by atoms with Crippen molar-refractivity contribution in [2.24, 2.45) is 0 Å². The Bertz CT molecular complexity index is 1040. The number of ether oxygens (including phenoxy) is 2. The van der Waals surface area contributed by atoms with E-state index in [4.69, 9.17) is 4.74 Å². The van der Waals surface area contributed by atoms with Crippen LogP contribution in [0.4, 0.5) is 28.7 Å². The van der Waals surface area contributed by atoms with Gasteiger partial charge in [0.15, 0.2) is 0 Å². The molecule has 1 heterocycles. The second-order valence-corrected chi connectivity index (χ2v) is 5.73. The highest BCUT2D eigenvalue weighted by Gasteiger charge is 2.23. The zero-order chi connectivity index (χ0) is 20.8. The molecule has 0 atom stereocenters. The van der Waals surface area contributed by atoms with Crippen molar-refractivity contribution >= 4 is 34.7 Å². The number of nitrogens with one attached hydrogen (secondary N) is 2. The molecule has 2 N–H and O–H groups in total. The van der Waals surface area contributed by atoms with Crippen molar-refractivity contribution in [1.29, 1.82) is 0 Å². The molecule has 3 rings (SSSR count). The molecule has 1 aromatic heterocycles. The van der Waals surface area contributed by atoms with Crippen molar-refractivity contribution in [2.75, 3.05) is 24.9 Å². The highest BCUT2D eigenvalue weighted by Crippen LogP contribution is 2.33. The van der Waals surface area contributed by atoms with E-state index in [1.807, 2.05) is 0 Å². The Labute approximate surface area is 165 Å². The topological polar surface area (TPSA) is 129 Å². The molecule has 0 saturated heterocycles. The lowest BCUT2D eigenvalue weighted by Gasteiger charge is -2.11. The standard InChI is InChI=1S/C19H17N5O5/c1-28-15-5-3-4-14(10-15)23-18-16(24(26)27)17(20-11-21-18)22-13-8-6-12(7-9-13)19(25)29-2/h3-11H,1-2H3,(H2,20,21,22,23). The lowest BCUT2D eigenvalue weighted by Crippen LogP contribution is -2.06. The number of nitrogens with zero attached hydrogens (tertiary/aromatic N) is 3. The summed E-state index contributed by atoms with van der Waals surface area (Å²) in [4.78, 5) is 30.6. The summed E-state index contributed by atoms with van der Waals surface area (Å²) in [7, 11) is 2.81. The molecule has 0 bridgehead atoms. The highest BCUT2D eigenvalue weighted by atomic mass is 16.6. The van der Waals surface area contributed by atoms with E-state index >= 15 is 0 Å². The van der Waals surface area contributed by atoms with Crippen LogP contribution in [-0.4, -0.2) is 35.1 Å². The van der Waals surface area contributed by atoms with Crippen molar-refractivity contribution in [3.05, 3.63) is 70.5 Å². The molecule has 0 unspecified atom stereocenters. The number of benzene rings is 2. The minimum absolute atomic E-state index is 0.00112. The third-order valence-corrected chi connectivity index (χ3v) is 3.91. The Hall–Kier alpha value is -4.21. The number of methoxy groups -OCH3 is 2. The number of carbonyl (C=O) groups is 1. The molecule has 0 fully saturated rings. The van der Waals surface area contributed by atoms with E-state index < -0.39 is 10.9 Å². The predicted octanol–water partition coefficient (Wildman–Crippen LogP) is 3.67. The minimum atomic E-state index is -0.576. The van der Waals surface area contributed by atoms with E-state index in [0.29, 0.717) is 22.7 Å². The summed E-state index contributed by atoms with van der Waals surface area (Å²) in [6, 6.07) is 13.2. The summed E-state index contributed by atoms with van der Waals surface area (Å²) in [5, 5.41) is 17.5. The van der Waals surface area contributed by atoms with E-state index in [0.717, 1.165) is 0 Å². The fraction of sp³-hybridized carbons (Fsp3) is 0.105. The molecule has 0 aliphatic carbocycles. The summed E-state index contributed by atoms with van der Waals surface area (Å²) in [6.07, 6.45) is 1.21. The third-order valence-electron chi connectivity index (χ3n) is 3.91. The Balaban J connectivity index is 1.90. The smallest absolute Gasteiger partial charge is 0.353 e. The number of carbonyl (C=O) groups excluding carboxylic acids is 1. The average molecular weight is 395 g/mol. The average Bonchev–Trinajstić information content (AvgIpc) is 2.73. The van der Waals surface area contributed by atoms with Crippen molar-refractivity contribution in [3.63, 3.8) is 0 Å². The fourth-order valence-electron chi connectivity index (χ4n) is 2.52. The van der Waals surface area contributed by atoms with Crippen LogP contribution >= 0.6 is 0 Å². The van der Waals surface area contributed by atoms with Crippen LogP contribution in [0.15, 0.2) is 54.9 Å².